The Morgan fingerprint density at radius 2 is 1.89 bits per heavy atom. The van der Waals surface area contributed by atoms with Crippen molar-refractivity contribution in [3.05, 3.63) is 63.9 Å². The lowest BCUT2D eigenvalue weighted by Crippen LogP contribution is -1.94. The van der Waals surface area contributed by atoms with Crippen LogP contribution in [0.5, 0.6) is 0 Å². The van der Waals surface area contributed by atoms with E-state index in [1.54, 1.807) is 36.4 Å². The molecule has 0 bridgehead atoms. The van der Waals surface area contributed by atoms with Crippen LogP contribution in [0.1, 0.15) is 5.56 Å². The molecule has 0 saturated carbocycles. The quantitative estimate of drug-likeness (QED) is 0.647. The fraction of sp³-hybridized carbons (Fsp3) is 0. The van der Waals surface area contributed by atoms with E-state index in [4.69, 9.17) is 23.2 Å². The van der Waals surface area contributed by atoms with Gasteiger partial charge in [0.2, 0.25) is 0 Å². The van der Waals surface area contributed by atoms with Gasteiger partial charge >= 0.3 is 0 Å². The Morgan fingerprint density at radius 1 is 1.11 bits per heavy atom. The molecule has 0 aromatic heterocycles. The van der Waals surface area contributed by atoms with Crippen molar-refractivity contribution >= 4 is 35.1 Å². The van der Waals surface area contributed by atoms with Gasteiger partial charge in [0.25, 0.3) is 0 Å². The number of nitrogens with one attached hydrogen (secondary N) is 1. The lowest BCUT2D eigenvalue weighted by molar-refractivity contribution is 0.626. The minimum absolute atomic E-state index is 0.244. The number of hydrogen-bond acceptors (Lipinski definition) is 2. The average Bonchev–Trinajstić information content (AvgIpc) is 2.33. The van der Waals surface area contributed by atoms with Gasteiger partial charge in [-0.1, -0.05) is 35.3 Å². The molecule has 0 amide bonds. The molecule has 0 heterocycles. The topological polar surface area (TPSA) is 24.4 Å². The third kappa shape index (κ3) is 3.22. The fourth-order valence-electron chi connectivity index (χ4n) is 1.36. The van der Waals surface area contributed by atoms with Crippen molar-refractivity contribution in [2.45, 2.75) is 0 Å². The Morgan fingerprint density at radius 3 is 2.61 bits per heavy atom. The summed E-state index contributed by atoms with van der Waals surface area (Å²) in [5, 5.41) is 4.82. The third-order valence-electron chi connectivity index (χ3n) is 2.21. The number of halogens is 3. The highest BCUT2D eigenvalue weighted by molar-refractivity contribution is 6.33. The molecule has 2 aromatic rings. The Hall–Kier alpha value is -1.58. The summed E-state index contributed by atoms with van der Waals surface area (Å²) < 4.78 is 13.4. The number of hydrazone groups is 1. The lowest BCUT2D eigenvalue weighted by atomic mass is 10.2. The third-order valence-corrected chi connectivity index (χ3v) is 2.78. The monoisotopic (exact) mass is 282 g/mol. The van der Waals surface area contributed by atoms with Gasteiger partial charge < -0.3 is 0 Å². The van der Waals surface area contributed by atoms with Crippen molar-refractivity contribution in [1.82, 2.24) is 0 Å². The number of nitrogens with zero attached hydrogens (tertiary/aromatic N) is 1. The first kappa shape index (κ1) is 12.9. The summed E-state index contributed by atoms with van der Waals surface area (Å²) in [7, 11) is 0. The zero-order valence-electron chi connectivity index (χ0n) is 9.20. The summed E-state index contributed by atoms with van der Waals surface area (Å²) in [6.45, 7) is 0. The van der Waals surface area contributed by atoms with Crippen molar-refractivity contribution in [2.24, 2.45) is 5.10 Å². The maximum absolute atomic E-state index is 13.4. The van der Waals surface area contributed by atoms with Crippen LogP contribution in [0.2, 0.25) is 10.0 Å². The van der Waals surface area contributed by atoms with E-state index < -0.39 is 5.82 Å². The SMILES string of the molecule is Fc1cccc(Cl)c1C=NNc1cccc(Cl)c1. The van der Waals surface area contributed by atoms with Crippen LogP contribution in [0.3, 0.4) is 0 Å². The molecule has 0 aliphatic rings. The molecular weight excluding hydrogens is 274 g/mol. The summed E-state index contributed by atoms with van der Waals surface area (Å²) >= 11 is 11.7. The molecule has 0 spiro atoms. The molecule has 0 unspecified atom stereocenters. The molecule has 0 saturated heterocycles. The number of anilines is 1. The van der Waals surface area contributed by atoms with Gasteiger partial charge in [0.15, 0.2) is 0 Å². The molecule has 0 aliphatic heterocycles. The smallest absolute Gasteiger partial charge is 0.133 e. The minimum Gasteiger partial charge on any atom is -0.278 e. The molecule has 2 rings (SSSR count). The fourth-order valence-corrected chi connectivity index (χ4v) is 1.77. The highest BCUT2D eigenvalue weighted by Crippen LogP contribution is 2.17. The molecule has 0 radical (unpaired) electrons. The molecule has 2 aromatic carbocycles. The molecule has 92 valence electrons. The van der Waals surface area contributed by atoms with E-state index in [0.717, 1.165) is 0 Å². The van der Waals surface area contributed by atoms with Crippen molar-refractivity contribution in [3.8, 4) is 0 Å². The van der Waals surface area contributed by atoms with E-state index in [1.165, 1.54) is 12.3 Å². The van der Waals surface area contributed by atoms with Crippen molar-refractivity contribution in [1.29, 1.82) is 0 Å². The molecule has 5 heteroatoms. The molecule has 1 N–H and O–H groups in total. The van der Waals surface area contributed by atoms with E-state index in [1.807, 2.05) is 0 Å². The Labute approximate surface area is 114 Å². The normalized spacial score (nSPS) is 10.8. The van der Waals surface area contributed by atoms with Crippen molar-refractivity contribution in [3.63, 3.8) is 0 Å². The van der Waals surface area contributed by atoms with Crippen LogP contribution < -0.4 is 5.43 Å². The van der Waals surface area contributed by atoms with E-state index in [0.29, 0.717) is 15.7 Å². The number of hydrogen-bond donors (Lipinski definition) is 1. The molecular formula is C13H9Cl2FN2. The molecule has 0 aliphatic carbocycles. The summed E-state index contributed by atoms with van der Waals surface area (Å²) in [5.41, 5.74) is 3.71. The first-order valence-electron chi connectivity index (χ1n) is 5.15. The second-order valence-corrected chi connectivity index (χ2v) is 4.36. The molecule has 0 atom stereocenters. The number of benzene rings is 2. The van der Waals surface area contributed by atoms with Gasteiger partial charge in [-0.15, -0.1) is 0 Å². The number of rotatable bonds is 3. The lowest BCUT2D eigenvalue weighted by Gasteiger charge is -2.01. The van der Waals surface area contributed by atoms with Gasteiger partial charge in [0, 0.05) is 10.6 Å². The summed E-state index contributed by atoms with van der Waals surface area (Å²) in [5.74, 6) is -0.417. The summed E-state index contributed by atoms with van der Waals surface area (Å²) in [4.78, 5) is 0. The van der Waals surface area contributed by atoms with Crippen molar-refractivity contribution in [2.75, 3.05) is 5.43 Å². The van der Waals surface area contributed by atoms with Crippen LogP contribution in [-0.2, 0) is 0 Å². The van der Waals surface area contributed by atoms with E-state index in [-0.39, 0.29) is 5.56 Å². The first-order valence-corrected chi connectivity index (χ1v) is 5.91. The van der Waals surface area contributed by atoms with Crippen LogP contribution in [0, 0.1) is 5.82 Å². The van der Waals surface area contributed by atoms with Gasteiger partial charge in [-0.05, 0) is 30.3 Å². The van der Waals surface area contributed by atoms with Crippen LogP contribution in [-0.4, -0.2) is 6.21 Å². The van der Waals surface area contributed by atoms with E-state index >= 15 is 0 Å². The Balaban J connectivity index is 2.12. The second-order valence-electron chi connectivity index (χ2n) is 3.52. The van der Waals surface area contributed by atoms with Crippen LogP contribution in [0.25, 0.3) is 0 Å². The largest absolute Gasteiger partial charge is 0.278 e. The van der Waals surface area contributed by atoms with E-state index in [2.05, 4.69) is 10.5 Å². The van der Waals surface area contributed by atoms with Gasteiger partial charge in [-0.25, -0.2) is 4.39 Å². The van der Waals surface area contributed by atoms with Crippen LogP contribution in [0.4, 0.5) is 10.1 Å². The summed E-state index contributed by atoms with van der Waals surface area (Å²) in [6.07, 6.45) is 1.33. The zero-order chi connectivity index (χ0) is 13.0. The maximum Gasteiger partial charge on any atom is 0.133 e. The van der Waals surface area contributed by atoms with E-state index in [9.17, 15) is 4.39 Å². The second kappa shape index (κ2) is 5.85. The van der Waals surface area contributed by atoms with Crippen LogP contribution in [0.15, 0.2) is 47.6 Å². The Kier molecular flexibility index (Phi) is 4.18. The molecule has 0 fully saturated rings. The molecule has 2 nitrogen and oxygen atoms in total. The zero-order valence-corrected chi connectivity index (χ0v) is 10.7. The predicted octanol–water partition coefficient (Wildman–Crippen LogP) is 4.58. The Bertz CT molecular complexity index is 565. The minimum atomic E-state index is -0.417. The standard InChI is InChI=1S/C13H9Cl2FN2/c14-9-3-1-4-10(7-9)18-17-8-11-12(15)5-2-6-13(11)16/h1-8,18H. The summed E-state index contributed by atoms with van der Waals surface area (Å²) in [6, 6.07) is 11.5. The van der Waals surface area contributed by atoms with Gasteiger partial charge in [0.05, 0.1) is 16.9 Å². The molecule has 18 heavy (non-hydrogen) atoms. The van der Waals surface area contributed by atoms with Gasteiger partial charge in [0.1, 0.15) is 5.82 Å². The van der Waals surface area contributed by atoms with Gasteiger partial charge in [-0.3, -0.25) is 5.43 Å². The maximum atomic E-state index is 13.4. The predicted molar refractivity (Wildman–Crippen MR) is 74.1 cm³/mol. The van der Waals surface area contributed by atoms with Gasteiger partial charge in [-0.2, -0.15) is 5.10 Å². The van der Waals surface area contributed by atoms with Crippen molar-refractivity contribution < 1.29 is 4.39 Å². The van der Waals surface area contributed by atoms with Crippen LogP contribution >= 0.6 is 23.2 Å². The first-order chi connectivity index (χ1) is 8.66. The highest BCUT2D eigenvalue weighted by atomic mass is 35.5. The average molecular weight is 283 g/mol. The highest BCUT2D eigenvalue weighted by Gasteiger charge is 2.03.